The standard InChI is InChI=1S/C12H16BrN3/c1-8(2)7-16-11-4-3-9(13)5-10(11)15-12(16)6-14/h3-5,8H,6-7,14H2,1-2H3. The van der Waals surface area contributed by atoms with E-state index in [9.17, 15) is 0 Å². The van der Waals surface area contributed by atoms with Gasteiger partial charge in [0.05, 0.1) is 17.6 Å². The molecule has 0 fully saturated rings. The maximum atomic E-state index is 5.73. The largest absolute Gasteiger partial charge is 0.327 e. The third-order valence-electron chi connectivity index (χ3n) is 2.52. The van der Waals surface area contributed by atoms with Crippen molar-refractivity contribution in [3.63, 3.8) is 0 Å². The molecule has 3 nitrogen and oxygen atoms in total. The SMILES string of the molecule is CC(C)Cn1c(CN)nc2cc(Br)ccc21. The van der Waals surface area contributed by atoms with Crippen molar-refractivity contribution in [2.75, 3.05) is 0 Å². The topological polar surface area (TPSA) is 43.8 Å². The van der Waals surface area contributed by atoms with Gasteiger partial charge < -0.3 is 10.3 Å². The van der Waals surface area contributed by atoms with Crippen LogP contribution in [0.25, 0.3) is 11.0 Å². The number of nitrogens with two attached hydrogens (primary N) is 1. The molecular formula is C12H16BrN3. The molecule has 86 valence electrons. The highest BCUT2D eigenvalue weighted by Crippen LogP contribution is 2.21. The number of benzene rings is 1. The smallest absolute Gasteiger partial charge is 0.123 e. The lowest BCUT2D eigenvalue weighted by Crippen LogP contribution is -2.11. The summed E-state index contributed by atoms with van der Waals surface area (Å²) in [5.74, 6) is 1.55. The van der Waals surface area contributed by atoms with Crippen molar-refractivity contribution < 1.29 is 0 Å². The van der Waals surface area contributed by atoms with Gasteiger partial charge in [0.1, 0.15) is 5.82 Å². The van der Waals surface area contributed by atoms with Crippen molar-refractivity contribution in [3.05, 3.63) is 28.5 Å². The van der Waals surface area contributed by atoms with Crippen LogP contribution in [0.4, 0.5) is 0 Å². The molecule has 0 radical (unpaired) electrons. The van der Waals surface area contributed by atoms with E-state index in [-0.39, 0.29) is 0 Å². The average Bonchev–Trinajstić information content (AvgIpc) is 2.55. The Morgan fingerprint density at radius 1 is 1.44 bits per heavy atom. The maximum absolute atomic E-state index is 5.73. The molecule has 2 aromatic rings. The molecule has 2 rings (SSSR count). The predicted molar refractivity (Wildman–Crippen MR) is 70.2 cm³/mol. The fourth-order valence-electron chi connectivity index (χ4n) is 1.88. The van der Waals surface area contributed by atoms with Crippen molar-refractivity contribution in [3.8, 4) is 0 Å². The van der Waals surface area contributed by atoms with Crippen LogP contribution in [0.15, 0.2) is 22.7 Å². The quantitative estimate of drug-likeness (QED) is 0.940. The van der Waals surface area contributed by atoms with E-state index in [1.807, 2.05) is 12.1 Å². The van der Waals surface area contributed by atoms with Gasteiger partial charge in [-0.25, -0.2) is 4.98 Å². The van der Waals surface area contributed by atoms with Gasteiger partial charge in [-0.1, -0.05) is 29.8 Å². The molecule has 4 heteroatoms. The van der Waals surface area contributed by atoms with Crippen LogP contribution in [0.3, 0.4) is 0 Å². The number of imidazole rings is 1. The fourth-order valence-corrected chi connectivity index (χ4v) is 2.23. The van der Waals surface area contributed by atoms with Gasteiger partial charge in [-0.3, -0.25) is 0 Å². The van der Waals surface area contributed by atoms with Gasteiger partial charge in [0, 0.05) is 11.0 Å². The number of aromatic nitrogens is 2. The molecule has 1 aromatic heterocycles. The molecule has 2 N–H and O–H groups in total. The van der Waals surface area contributed by atoms with Crippen LogP contribution in [0.1, 0.15) is 19.7 Å². The zero-order valence-corrected chi connectivity index (χ0v) is 11.2. The Hall–Kier alpha value is -0.870. The van der Waals surface area contributed by atoms with Crippen LogP contribution in [0.5, 0.6) is 0 Å². The number of hydrogen-bond acceptors (Lipinski definition) is 2. The van der Waals surface area contributed by atoms with Gasteiger partial charge in [-0.2, -0.15) is 0 Å². The summed E-state index contributed by atoms with van der Waals surface area (Å²) in [7, 11) is 0. The lowest BCUT2D eigenvalue weighted by molar-refractivity contribution is 0.517. The highest BCUT2D eigenvalue weighted by Gasteiger charge is 2.10. The lowest BCUT2D eigenvalue weighted by atomic mass is 10.2. The second-order valence-corrected chi connectivity index (χ2v) is 5.29. The number of fused-ring (bicyclic) bond motifs is 1. The van der Waals surface area contributed by atoms with Crippen LogP contribution in [-0.4, -0.2) is 9.55 Å². The minimum atomic E-state index is 0.485. The van der Waals surface area contributed by atoms with Crippen LogP contribution in [0.2, 0.25) is 0 Å². The first-order valence-corrected chi connectivity index (χ1v) is 6.26. The van der Waals surface area contributed by atoms with E-state index in [1.165, 1.54) is 0 Å². The number of halogens is 1. The highest BCUT2D eigenvalue weighted by atomic mass is 79.9. The summed E-state index contributed by atoms with van der Waals surface area (Å²) in [6.45, 7) is 5.85. The monoisotopic (exact) mass is 281 g/mol. The number of nitrogens with zero attached hydrogens (tertiary/aromatic N) is 2. The summed E-state index contributed by atoms with van der Waals surface area (Å²) in [4.78, 5) is 4.55. The summed E-state index contributed by atoms with van der Waals surface area (Å²) in [6.07, 6.45) is 0. The van der Waals surface area contributed by atoms with Crippen molar-refractivity contribution in [1.29, 1.82) is 0 Å². The first-order valence-electron chi connectivity index (χ1n) is 5.46. The Kier molecular flexibility index (Phi) is 3.30. The normalized spacial score (nSPS) is 11.6. The minimum absolute atomic E-state index is 0.485. The van der Waals surface area contributed by atoms with E-state index in [0.717, 1.165) is 27.9 Å². The fraction of sp³-hybridized carbons (Fsp3) is 0.417. The van der Waals surface area contributed by atoms with Gasteiger partial charge in [0.25, 0.3) is 0 Å². The molecule has 1 aromatic carbocycles. The summed E-state index contributed by atoms with van der Waals surface area (Å²) >= 11 is 3.46. The lowest BCUT2D eigenvalue weighted by Gasteiger charge is -2.10. The Labute approximate surface area is 104 Å². The molecule has 0 saturated heterocycles. The summed E-state index contributed by atoms with van der Waals surface area (Å²) in [6, 6.07) is 6.17. The van der Waals surface area contributed by atoms with Gasteiger partial charge >= 0.3 is 0 Å². The molecular weight excluding hydrogens is 266 g/mol. The third-order valence-corrected chi connectivity index (χ3v) is 3.01. The Balaban J connectivity index is 2.59. The zero-order chi connectivity index (χ0) is 11.7. The predicted octanol–water partition coefficient (Wildman–Crippen LogP) is 2.91. The minimum Gasteiger partial charge on any atom is -0.327 e. The average molecular weight is 282 g/mol. The number of hydrogen-bond donors (Lipinski definition) is 1. The Bertz CT molecular complexity index is 502. The molecule has 0 atom stereocenters. The van der Waals surface area contributed by atoms with E-state index in [0.29, 0.717) is 12.5 Å². The van der Waals surface area contributed by atoms with Gasteiger partial charge in [-0.15, -0.1) is 0 Å². The third kappa shape index (κ3) is 2.13. The summed E-state index contributed by atoms with van der Waals surface area (Å²) < 4.78 is 3.27. The van der Waals surface area contributed by atoms with Crippen LogP contribution >= 0.6 is 15.9 Å². The van der Waals surface area contributed by atoms with Gasteiger partial charge in [-0.05, 0) is 24.1 Å². The molecule has 1 heterocycles. The van der Waals surface area contributed by atoms with Gasteiger partial charge in [0.2, 0.25) is 0 Å². The molecule has 0 aliphatic heterocycles. The van der Waals surface area contributed by atoms with Gasteiger partial charge in [0.15, 0.2) is 0 Å². The molecule has 0 aliphatic carbocycles. The van der Waals surface area contributed by atoms with Crippen LogP contribution in [-0.2, 0) is 13.1 Å². The van der Waals surface area contributed by atoms with Crippen molar-refractivity contribution in [2.45, 2.75) is 26.9 Å². The second kappa shape index (κ2) is 4.55. The summed E-state index contributed by atoms with van der Waals surface area (Å²) in [5.41, 5.74) is 7.91. The number of rotatable bonds is 3. The summed E-state index contributed by atoms with van der Waals surface area (Å²) in [5, 5.41) is 0. The van der Waals surface area contributed by atoms with Crippen molar-refractivity contribution in [1.82, 2.24) is 9.55 Å². The van der Waals surface area contributed by atoms with E-state index in [4.69, 9.17) is 5.73 Å². The first-order chi connectivity index (χ1) is 7.61. The van der Waals surface area contributed by atoms with E-state index < -0.39 is 0 Å². The Morgan fingerprint density at radius 2 is 2.19 bits per heavy atom. The molecule has 0 bridgehead atoms. The molecule has 0 amide bonds. The van der Waals surface area contributed by atoms with Crippen LogP contribution in [0, 0.1) is 5.92 Å². The molecule has 0 saturated carbocycles. The highest BCUT2D eigenvalue weighted by molar-refractivity contribution is 9.10. The van der Waals surface area contributed by atoms with Crippen molar-refractivity contribution in [2.24, 2.45) is 11.7 Å². The second-order valence-electron chi connectivity index (χ2n) is 4.37. The zero-order valence-electron chi connectivity index (χ0n) is 9.57. The van der Waals surface area contributed by atoms with E-state index in [1.54, 1.807) is 0 Å². The molecule has 16 heavy (non-hydrogen) atoms. The Morgan fingerprint density at radius 3 is 2.81 bits per heavy atom. The van der Waals surface area contributed by atoms with Crippen molar-refractivity contribution >= 4 is 27.0 Å². The van der Waals surface area contributed by atoms with E-state index in [2.05, 4.69) is 45.4 Å². The first kappa shape index (κ1) is 11.6. The molecule has 0 unspecified atom stereocenters. The van der Waals surface area contributed by atoms with E-state index >= 15 is 0 Å². The molecule has 0 spiro atoms. The van der Waals surface area contributed by atoms with Crippen LogP contribution < -0.4 is 5.73 Å². The maximum Gasteiger partial charge on any atom is 0.123 e. The molecule has 0 aliphatic rings.